The van der Waals surface area contributed by atoms with E-state index >= 15 is 0 Å². The molecule has 0 spiro atoms. The van der Waals surface area contributed by atoms with Crippen LogP contribution in [0, 0.1) is 0 Å². The van der Waals surface area contributed by atoms with E-state index in [1.54, 1.807) is 54.6 Å². The number of carbonyl (C=O) groups is 2. The van der Waals surface area contributed by atoms with Crippen LogP contribution in [0.25, 0.3) is 22.4 Å². The molecule has 2 aromatic heterocycles. The molecule has 2 amide bonds. The van der Waals surface area contributed by atoms with E-state index in [1.807, 2.05) is 22.4 Å². The number of nitrogens with zero attached hydrogens (tertiary/aromatic N) is 2. The molecular formula is C29H29N5O3S. The van der Waals surface area contributed by atoms with Gasteiger partial charge in [-0.1, -0.05) is 30.3 Å². The Kier molecular flexibility index (Phi) is 7.39. The van der Waals surface area contributed by atoms with Crippen molar-refractivity contribution in [1.82, 2.24) is 9.88 Å². The van der Waals surface area contributed by atoms with Gasteiger partial charge in [0, 0.05) is 35.8 Å². The zero-order valence-electron chi connectivity index (χ0n) is 20.8. The molecule has 1 unspecified atom stereocenters. The Morgan fingerprint density at radius 1 is 1.05 bits per heavy atom. The molecule has 0 bridgehead atoms. The van der Waals surface area contributed by atoms with Crippen molar-refractivity contribution in [3.05, 3.63) is 82.6 Å². The first-order chi connectivity index (χ1) is 18.5. The number of nitrogen functional groups attached to an aromatic ring is 1. The predicted octanol–water partition coefficient (Wildman–Crippen LogP) is 4.97. The van der Waals surface area contributed by atoms with Gasteiger partial charge in [0.05, 0.1) is 16.3 Å². The van der Waals surface area contributed by atoms with Crippen LogP contribution in [0.2, 0.25) is 0 Å². The molecule has 1 fully saturated rings. The van der Waals surface area contributed by atoms with Crippen LogP contribution >= 0.6 is 11.3 Å². The number of nitrogens with two attached hydrogens (primary N) is 2. The molecule has 0 saturated carbocycles. The first-order valence-electron chi connectivity index (χ1n) is 12.5. The summed E-state index contributed by atoms with van der Waals surface area (Å²) in [5.41, 5.74) is 15.5. The normalized spacial score (nSPS) is 15.3. The number of benzene rings is 2. The summed E-state index contributed by atoms with van der Waals surface area (Å²) in [4.78, 5) is 33.3. The number of anilines is 2. The number of hydrogen-bond donors (Lipinski definition) is 4. The van der Waals surface area contributed by atoms with Crippen molar-refractivity contribution >= 4 is 34.7 Å². The monoisotopic (exact) mass is 527 g/mol. The molecule has 4 aromatic rings. The largest absolute Gasteiger partial charge is 0.507 e. The highest BCUT2D eigenvalue weighted by Gasteiger charge is 2.27. The fourth-order valence-electron chi connectivity index (χ4n) is 4.79. The van der Waals surface area contributed by atoms with Crippen molar-refractivity contribution < 1.29 is 14.7 Å². The maximum atomic E-state index is 13.5. The average molecular weight is 528 g/mol. The van der Waals surface area contributed by atoms with Crippen molar-refractivity contribution in [3.63, 3.8) is 0 Å². The Hall–Kier alpha value is -4.21. The number of amides is 2. The number of rotatable bonds is 6. The Labute approximate surface area is 224 Å². The Morgan fingerprint density at radius 3 is 2.66 bits per heavy atom. The SMILES string of the molecule is NCC1CCCCN1C(=O)c1cccc(-c2cc(-c3ccccc3O)nc(NC(=O)c3cccs3)c2N)c1. The Balaban J connectivity index is 1.58. The second-order valence-electron chi connectivity index (χ2n) is 9.23. The lowest BCUT2D eigenvalue weighted by Crippen LogP contribution is -2.47. The lowest BCUT2D eigenvalue weighted by atomic mass is 9.97. The number of hydrogen-bond acceptors (Lipinski definition) is 7. The third-order valence-electron chi connectivity index (χ3n) is 6.80. The maximum absolute atomic E-state index is 13.5. The minimum Gasteiger partial charge on any atom is -0.507 e. The molecule has 0 aliphatic carbocycles. The molecule has 2 aromatic carbocycles. The number of phenols is 1. The van der Waals surface area contributed by atoms with Gasteiger partial charge >= 0.3 is 0 Å². The molecule has 0 radical (unpaired) electrons. The number of pyridine rings is 1. The van der Waals surface area contributed by atoms with Crippen LogP contribution in [0.3, 0.4) is 0 Å². The molecular weight excluding hydrogens is 498 g/mol. The third-order valence-corrected chi connectivity index (χ3v) is 7.66. The fraction of sp³-hybridized carbons (Fsp3) is 0.207. The zero-order chi connectivity index (χ0) is 26.6. The maximum Gasteiger partial charge on any atom is 0.266 e. The lowest BCUT2D eigenvalue weighted by Gasteiger charge is -2.35. The number of nitrogens with one attached hydrogen (secondary N) is 1. The topological polar surface area (TPSA) is 135 Å². The summed E-state index contributed by atoms with van der Waals surface area (Å²) in [6.07, 6.45) is 2.92. The van der Waals surface area contributed by atoms with Crippen molar-refractivity contribution in [2.75, 3.05) is 24.1 Å². The van der Waals surface area contributed by atoms with Crippen LogP contribution in [-0.2, 0) is 0 Å². The first kappa shape index (κ1) is 25.4. The molecule has 1 saturated heterocycles. The number of thiophene rings is 1. The van der Waals surface area contributed by atoms with E-state index in [2.05, 4.69) is 10.3 Å². The molecule has 3 heterocycles. The van der Waals surface area contributed by atoms with Crippen LogP contribution in [0.15, 0.2) is 72.1 Å². The van der Waals surface area contributed by atoms with Crippen molar-refractivity contribution in [3.8, 4) is 28.1 Å². The van der Waals surface area contributed by atoms with Gasteiger partial charge in [0.15, 0.2) is 5.82 Å². The van der Waals surface area contributed by atoms with Gasteiger partial charge in [-0.15, -0.1) is 11.3 Å². The number of likely N-dealkylation sites (tertiary alicyclic amines) is 1. The second-order valence-corrected chi connectivity index (χ2v) is 10.2. The van der Waals surface area contributed by atoms with Gasteiger partial charge in [0.1, 0.15) is 5.75 Å². The van der Waals surface area contributed by atoms with Gasteiger partial charge in [-0.25, -0.2) is 4.98 Å². The minimum absolute atomic E-state index is 0.0256. The smallest absolute Gasteiger partial charge is 0.266 e. The molecule has 1 aliphatic heterocycles. The first-order valence-corrected chi connectivity index (χ1v) is 13.4. The van der Waals surface area contributed by atoms with Crippen molar-refractivity contribution in [2.24, 2.45) is 5.73 Å². The van der Waals surface area contributed by atoms with E-state index in [1.165, 1.54) is 11.3 Å². The van der Waals surface area contributed by atoms with Gasteiger partial charge in [-0.05, 0) is 66.6 Å². The van der Waals surface area contributed by atoms with E-state index in [0.29, 0.717) is 45.9 Å². The minimum atomic E-state index is -0.332. The number of aromatic hydroxyl groups is 1. The predicted molar refractivity (Wildman–Crippen MR) is 151 cm³/mol. The number of para-hydroxylation sites is 1. The van der Waals surface area contributed by atoms with E-state index in [0.717, 1.165) is 19.3 Å². The molecule has 1 aliphatic rings. The number of piperidine rings is 1. The number of carbonyl (C=O) groups excluding carboxylic acids is 2. The van der Waals surface area contributed by atoms with E-state index in [-0.39, 0.29) is 35.1 Å². The van der Waals surface area contributed by atoms with Crippen molar-refractivity contribution in [1.29, 1.82) is 0 Å². The highest BCUT2D eigenvalue weighted by Crippen LogP contribution is 2.38. The molecule has 194 valence electrons. The van der Waals surface area contributed by atoms with Gasteiger partial charge in [0.25, 0.3) is 11.8 Å². The zero-order valence-corrected chi connectivity index (χ0v) is 21.6. The van der Waals surface area contributed by atoms with Crippen LogP contribution < -0.4 is 16.8 Å². The lowest BCUT2D eigenvalue weighted by molar-refractivity contribution is 0.0623. The summed E-state index contributed by atoms with van der Waals surface area (Å²) in [6.45, 7) is 1.11. The summed E-state index contributed by atoms with van der Waals surface area (Å²) in [7, 11) is 0. The van der Waals surface area contributed by atoms with E-state index in [9.17, 15) is 14.7 Å². The third kappa shape index (κ3) is 5.11. The van der Waals surface area contributed by atoms with Crippen LogP contribution in [0.4, 0.5) is 11.5 Å². The Morgan fingerprint density at radius 2 is 1.89 bits per heavy atom. The molecule has 8 nitrogen and oxygen atoms in total. The van der Waals surface area contributed by atoms with Crippen molar-refractivity contribution in [2.45, 2.75) is 25.3 Å². The standard InChI is InChI=1S/C29H29N5O3S/c30-17-20-9-3-4-13-34(20)29(37)19-8-5-7-18(15-19)22-16-23(21-10-1-2-11-24(21)35)32-27(26(22)31)33-28(36)25-12-6-14-38-25/h1-2,5-8,10-12,14-16,20,35H,3-4,9,13,17,30-31H2,(H,32,33,36). The number of aromatic nitrogens is 1. The van der Waals surface area contributed by atoms with E-state index < -0.39 is 0 Å². The second kappa shape index (κ2) is 11.0. The summed E-state index contributed by atoms with van der Waals surface area (Å²) in [5, 5.41) is 15.1. The van der Waals surface area contributed by atoms with Crippen LogP contribution in [-0.4, -0.2) is 45.9 Å². The highest BCUT2D eigenvalue weighted by molar-refractivity contribution is 7.12. The van der Waals surface area contributed by atoms with E-state index in [4.69, 9.17) is 11.5 Å². The summed E-state index contributed by atoms with van der Waals surface area (Å²) in [6, 6.07) is 19.4. The molecule has 5 rings (SSSR count). The number of phenolic OH excluding ortho intramolecular Hbond substituents is 1. The quantitative estimate of drug-likeness (QED) is 0.280. The molecule has 38 heavy (non-hydrogen) atoms. The summed E-state index contributed by atoms with van der Waals surface area (Å²) >= 11 is 1.31. The fourth-order valence-corrected chi connectivity index (χ4v) is 5.41. The molecule has 6 N–H and O–H groups in total. The molecule has 1 atom stereocenters. The van der Waals surface area contributed by atoms with Crippen LogP contribution in [0.1, 0.15) is 39.3 Å². The van der Waals surface area contributed by atoms with Gasteiger partial charge in [-0.2, -0.15) is 0 Å². The summed E-state index contributed by atoms with van der Waals surface area (Å²) in [5.74, 6) is -0.175. The average Bonchev–Trinajstić information content (AvgIpc) is 3.49. The Bertz CT molecular complexity index is 1470. The highest BCUT2D eigenvalue weighted by atomic mass is 32.1. The molecule has 9 heteroatoms. The van der Waals surface area contributed by atoms with Gasteiger partial charge in [0.2, 0.25) is 0 Å². The summed E-state index contributed by atoms with van der Waals surface area (Å²) < 4.78 is 0. The van der Waals surface area contributed by atoms with Gasteiger partial charge in [-0.3, -0.25) is 9.59 Å². The van der Waals surface area contributed by atoms with Gasteiger partial charge < -0.3 is 26.8 Å². The van der Waals surface area contributed by atoms with Crippen LogP contribution in [0.5, 0.6) is 5.75 Å².